The monoisotopic (exact) mass is 224 g/mol. The minimum Gasteiger partial charge on any atom is -0.356 e. The molecule has 2 heterocycles. The van der Waals surface area contributed by atoms with Crippen molar-refractivity contribution in [2.45, 2.75) is 11.6 Å². The zero-order chi connectivity index (χ0) is 10.7. The predicted octanol–water partition coefficient (Wildman–Crippen LogP) is 0.984. The molecule has 5 heteroatoms. The number of hydrogen-bond donors (Lipinski definition) is 1. The summed E-state index contributed by atoms with van der Waals surface area (Å²) in [6, 6.07) is 1.97. The molecule has 0 spiro atoms. The SMILES string of the molecule is CSc1nccc(N2CC[C@H](CN)C2)n1. The summed E-state index contributed by atoms with van der Waals surface area (Å²) in [7, 11) is 0. The molecule has 1 saturated heterocycles. The molecular weight excluding hydrogens is 208 g/mol. The van der Waals surface area contributed by atoms with Gasteiger partial charge in [-0.1, -0.05) is 11.8 Å². The third kappa shape index (κ3) is 2.41. The summed E-state index contributed by atoms with van der Waals surface area (Å²) in [4.78, 5) is 10.9. The van der Waals surface area contributed by atoms with Crippen molar-refractivity contribution >= 4 is 17.6 Å². The molecule has 0 unspecified atom stereocenters. The molecule has 0 saturated carbocycles. The molecule has 15 heavy (non-hydrogen) atoms. The molecule has 4 nitrogen and oxygen atoms in total. The highest BCUT2D eigenvalue weighted by molar-refractivity contribution is 7.98. The number of rotatable bonds is 3. The van der Waals surface area contributed by atoms with Crippen molar-refractivity contribution in [2.24, 2.45) is 11.7 Å². The minimum atomic E-state index is 0.623. The Morgan fingerprint density at radius 1 is 1.67 bits per heavy atom. The van der Waals surface area contributed by atoms with E-state index in [9.17, 15) is 0 Å². The topological polar surface area (TPSA) is 55.0 Å². The Balaban J connectivity index is 2.09. The highest BCUT2D eigenvalue weighted by Crippen LogP contribution is 2.22. The second kappa shape index (κ2) is 4.81. The van der Waals surface area contributed by atoms with E-state index >= 15 is 0 Å². The smallest absolute Gasteiger partial charge is 0.189 e. The van der Waals surface area contributed by atoms with Gasteiger partial charge in [-0.15, -0.1) is 0 Å². The predicted molar refractivity (Wildman–Crippen MR) is 63.2 cm³/mol. The molecule has 0 bridgehead atoms. The molecule has 1 fully saturated rings. The van der Waals surface area contributed by atoms with Gasteiger partial charge in [-0.3, -0.25) is 0 Å². The van der Waals surface area contributed by atoms with Crippen LogP contribution in [0.4, 0.5) is 5.82 Å². The van der Waals surface area contributed by atoms with Crippen LogP contribution in [0.25, 0.3) is 0 Å². The van der Waals surface area contributed by atoms with Gasteiger partial charge in [0.25, 0.3) is 0 Å². The molecule has 2 rings (SSSR count). The molecule has 0 amide bonds. The van der Waals surface area contributed by atoms with Crippen molar-refractivity contribution in [3.8, 4) is 0 Å². The first-order chi connectivity index (χ1) is 7.33. The highest BCUT2D eigenvalue weighted by atomic mass is 32.2. The Hall–Kier alpha value is -0.810. The summed E-state index contributed by atoms with van der Waals surface area (Å²) in [5.41, 5.74) is 5.67. The third-order valence-electron chi connectivity index (χ3n) is 2.74. The molecule has 1 aliphatic heterocycles. The van der Waals surface area contributed by atoms with Crippen LogP contribution in [-0.4, -0.2) is 35.9 Å². The van der Waals surface area contributed by atoms with E-state index in [0.29, 0.717) is 5.92 Å². The zero-order valence-corrected chi connectivity index (χ0v) is 9.70. The van der Waals surface area contributed by atoms with Gasteiger partial charge in [-0.05, 0) is 31.2 Å². The van der Waals surface area contributed by atoms with E-state index in [4.69, 9.17) is 5.73 Å². The van der Waals surface area contributed by atoms with Gasteiger partial charge >= 0.3 is 0 Å². The summed E-state index contributed by atoms with van der Waals surface area (Å²) in [5, 5.41) is 0.837. The fraction of sp³-hybridized carbons (Fsp3) is 0.600. The van der Waals surface area contributed by atoms with Crippen molar-refractivity contribution in [1.29, 1.82) is 0 Å². The lowest BCUT2D eigenvalue weighted by atomic mass is 10.1. The van der Waals surface area contributed by atoms with Crippen LogP contribution in [0.1, 0.15) is 6.42 Å². The number of nitrogens with two attached hydrogens (primary N) is 1. The fourth-order valence-electron chi connectivity index (χ4n) is 1.84. The van der Waals surface area contributed by atoms with Gasteiger partial charge in [0.15, 0.2) is 5.16 Å². The van der Waals surface area contributed by atoms with Crippen LogP contribution in [0.2, 0.25) is 0 Å². The van der Waals surface area contributed by atoms with Crippen molar-refractivity contribution in [2.75, 3.05) is 30.8 Å². The maximum Gasteiger partial charge on any atom is 0.189 e. The van der Waals surface area contributed by atoms with Crippen LogP contribution >= 0.6 is 11.8 Å². The van der Waals surface area contributed by atoms with Gasteiger partial charge in [-0.25, -0.2) is 9.97 Å². The summed E-state index contributed by atoms with van der Waals surface area (Å²) in [6.45, 7) is 2.87. The van der Waals surface area contributed by atoms with Gasteiger partial charge in [0.05, 0.1) is 0 Å². The fourth-order valence-corrected chi connectivity index (χ4v) is 2.19. The summed E-state index contributed by atoms with van der Waals surface area (Å²) in [6.07, 6.45) is 4.99. The average Bonchev–Trinajstić information content (AvgIpc) is 2.78. The Labute approximate surface area is 94.3 Å². The number of thioether (sulfide) groups is 1. The molecule has 1 aliphatic rings. The van der Waals surface area contributed by atoms with Crippen molar-refractivity contribution in [3.63, 3.8) is 0 Å². The van der Waals surface area contributed by atoms with Crippen molar-refractivity contribution < 1.29 is 0 Å². The Bertz CT molecular complexity index is 331. The lowest BCUT2D eigenvalue weighted by molar-refractivity contribution is 0.602. The summed E-state index contributed by atoms with van der Waals surface area (Å²) in [5.74, 6) is 1.66. The molecule has 1 aromatic rings. The van der Waals surface area contributed by atoms with Crippen LogP contribution in [0.3, 0.4) is 0 Å². The maximum atomic E-state index is 5.67. The van der Waals surface area contributed by atoms with Crippen LogP contribution in [0, 0.1) is 5.92 Å². The third-order valence-corrected chi connectivity index (χ3v) is 3.31. The van der Waals surface area contributed by atoms with Crippen molar-refractivity contribution in [3.05, 3.63) is 12.3 Å². The lowest BCUT2D eigenvalue weighted by Gasteiger charge is -2.17. The van der Waals surface area contributed by atoms with Crippen LogP contribution < -0.4 is 10.6 Å². The second-order valence-corrected chi connectivity index (χ2v) is 4.51. The molecule has 1 aromatic heterocycles. The molecule has 0 aromatic carbocycles. The van der Waals surface area contributed by atoms with E-state index in [1.807, 2.05) is 18.5 Å². The molecule has 2 N–H and O–H groups in total. The Kier molecular flexibility index (Phi) is 3.43. The quantitative estimate of drug-likeness (QED) is 0.613. The number of aromatic nitrogens is 2. The van der Waals surface area contributed by atoms with Gasteiger partial charge < -0.3 is 10.6 Å². The van der Waals surface area contributed by atoms with E-state index < -0.39 is 0 Å². The van der Waals surface area contributed by atoms with E-state index in [1.54, 1.807) is 11.8 Å². The largest absolute Gasteiger partial charge is 0.356 e. The van der Waals surface area contributed by atoms with E-state index in [2.05, 4.69) is 14.9 Å². The highest BCUT2D eigenvalue weighted by Gasteiger charge is 2.22. The average molecular weight is 224 g/mol. The number of nitrogens with zero attached hydrogens (tertiary/aromatic N) is 3. The van der Waals surface area contributed by atoms with E-state index in [-0.39, 0.29) is 0 Å². The van der Waals surface area contributed by atoms with Crippen LogP contribution in [-0.2, 0) is 0 Å². The van der Waals surface area contributed by atoms with E-state index in [0.717, 1.165) is 30.6 Å². The van der Waals surface area contributed by atoms with Gasteiger partial charge in [0.2, 0.25) is 0 Å². The molecule has 82 valence electrons. The maximum absolute atomic E-state index is 5.67. The van der Waals surface area contributed by atoms with Gasteiger partial charge in [0, 0.05) is 19.3 Å². The Morgan fingerprint density at radius 3 is 3.20 bits per heavy atom. The van der Waals surface area contributed by atoms with E-state index in [1.165, 1.54) is 6.42 Å². The Morgan fingerprint density at radius 2 is 2.53 bits per heavy atom. The second-order valence-electron chi connectivity index (χ2n) is 3.74. The standard InChI is InChI=1S/C10H16N4S/c1-15-10-12-4-2-9(13-10)14-5-3-8(6-11)7-14/h2,4,8H,3,5-7,11H2,1H3/t8-/m1/s1. The molecule has 0 radical (unpaired) electrons. The lowest BCUT2D eigenvalue weighted by Crippen LogP contribution is -2.23. The molecule has 0 aliphatic carbocycles. The first-order valence-electron chi connectivity index (χ1n) is 5.15. The van der Waals surface area contributed by atoms with Crippen molar-refractivity contribution in [1.82, 2.24) is 9.97 Å². The van der Waals surface area contributed by atoms with Crippen LogP contribution in [0.5, 0.6) is 0 Å². The number of anilines is 1. The molecule has 1 atom stereocenters. The normalized spacial score (nSPS) is 20.9. The number of hydrogen-bond acceptors (Lipinski definition) is 5. The van der Waals surface area contributed by atoms with Gasteiger partial charge in [-0.2, -0.15) is 0 Å². The summed E-state index contributed by atoms with van der Waals surface area (Å²) < 4.78 is 0. The zero-order valence-electron chi connectivity index (χ0n) is 8.89. The molecular formula is C10H16N4S. The van der Waals surface area contributed by atoms with Gasteiger partial charge in [0.1, 0.15) is 5.82 Å². The van der Waals surface area contributed by atoms with Crippen LogP contribution in [0.15, 0.2) is 17.4 Å². The summed E-state index contributed by atoms with van der Waals surface area (Å²) >= 11 is 1.57. The first kappa shape index (κ1) is 10.7. The first-order valence-corrected chi connectivity index (χ1v) is 6.38. The minimum absolute atomic E-state index is 0.623.